The molecule has 0 heterocycles. The molecule has 9 nitrogen and oxygen atoms in total. The maximum atomic E-state index is 11.6. The summed E-state index contributed by atoms with van der Waals surface area (Å²) in [5.41, 5.74) is 0. The average Bonchev–Trinajstić information content (AvgIpc) is 2.38. The van der Waals surface area contributed by atoms with Crippen LogP contribution >= 0.6 is 0 Å². The van der Waals surface area contributed by atoms with Crippen LogP contribution in [0.4, 0.5) is 0 Å². The summed E-state index contributed by atoms with van der Waals surface area (Å²) >= 11 is 0. The van der Waals surface area contributed by atoms with Crippen molar-refractivity contribution < 1.29 is 29.2 Å². The lowest BCUT2D eigenvalue weighted by Gasteiger charge is -2.21. The fraction of sp³-hybridized carbons (Fsp3) is 0.833. The normalized spacial score (nSPS) is 13.2. The number of hydrazine groups is 1. The summed E-state index contributed by atoms with van der Waals surface area (Å²) in [5.74, 6) is -1.84. The number of esters is 1. The van der Waals surface area contributed by atoms with E-state index in [0.29, 0.717) is 0 Å². The van der Waals surface area contributed by atoms with E-state index in [1.54, 1.807) is 13.8 Å². The van der Waals surface area contributed by atoms with Gasteiger partial charge in [-0.05, 0) is 12.3 Å². The van der Waals surface area contributed by atoms with E-state index in [-0.39, 0.29) is 23.2 Å². The Morgan fingerprint density at radius 2 is 1.90 bits per heavy atom. The van der Waals surface area contributed by atoms with Gasteiger partial charge in [-0.15, -0.1) is 5.01 Å². The molecule has 0 bridgehead atoms. The fourth-order valence-corrected chi connectivity index (χ4v) is 1.36. The van der Waals surface area contributed by atoms with Gasteiger partial charge in [0.05, 0.1) is 17.9 Å². The van der Waals surface area contributed by atoms with Crippen molar-refractivity contribution >= 4 is 11.9 Å². The van der Waals surface area contributed by atoms with Crippen molar-refractivity contribution in [2.24, 2.45) is 17.1 Å². The van der Waals surface area contributed by atoms with Crippen molar-refractivity contribution in [3.63, 3.8) is 0 Å². The number of carboxylic acid groups (broad SMARTS) is 1. The summed E-state index contributed by atoms with van der Waals surface area (Å²) in [5, 5.41) is 24.7. The number of carbonyl (C=O) groups excluding carboxylic acids is 1. The SMILES string of the molecule is CC(C)C[C@@H](C(=O)O)N(C)[N+]([O-])=NOCOC(=O)C(C)C. The van der Waals surface area contributed by atoms with Gasteiger partial charge in [-0.25, -0.2) is 4.79 Å². The third-order valence-corrected chi connectivity index (χ3v) is 2.55. The lowest BCUT2D eigenvalue weighted by molar-refractivity contribution is -0.711. The zero-order chi connectivity index (χ0) is 16.6. The van der Waals surface area contributed by atoms with E-state index in [2.05, 4.69) is 14.9 Å². The highest BCUT2D eigenvalue weighted by Gasteiger charge is 2.29. The van der Waals surface area contributed by atoms with Crippen molar-refractivity contribution in [2.75, 3.05) is 13.8 Å². The molecule has 0 amide bonds. The monoisotopic (exact) mass is 305 g/mol. The minimum absolute atomic E-state index is 0.0182. The lowest BCUT2D eigenvalue weighted by Crippen LogP contribution is -2.43. The molecule has 0 saturated heterocycles. The topological polar surface area (TPSA) is 114 Å². The van der Waals surface area contributed by atoms with Crippen molar-refractivity contribution in [2.45, 2.75) is 40.2 Å². The van der Waals surface area contributed by atoms with Gasteiger partial charge in [-0.3, -0.25) is 4.79 Å². The molecule has 0 radical (unpaired) electrons. The van der Waals surface area contributed by atoms with E-state index >= 15 is 0 Å². The largest absolute Gasteiger partial charge is 0.569 e. The summed E-state index contributed by atoms with van der Waals surface area (Å²) < 4.78 is 4.65. The molecule has 0 aliphatic heterocycles. The average molecular weight is 305 g/mol. The number of carboxylic acids is 1. The molecular weight excluding hydrogens is 282 g/mol. The Morgan fingerprint density at radius 3 is 2.33 bits per heavy atom. The van der Waals surface area contributed by atoms with Crippen LogP contribution in [0.25, 0.3) is 0 Å². The molecule has 0 aromatic carbocycles. The number of aliphatic carboxylic acids is 1. The second kappa shape index (κ2) is 8.98. The quantitative estimate of drug-likeness (QED) is 0.171. The highest BCUT2D eigenvalue weighted by Crippen LogP contribution is 2.11. The van der Waals surface area contributed by atoms with Gasteiger partial charge in [-0.1, -0.05) is 27.7 Å². The minimum Gasteiger partial charge on any atom is -0.569 e. The summed E-state index contributed by atoms with van der Waals surface area (Å²) in [4.78, 5) is 26.8. The van der Waals surface area contributed by atoms with Crippen molar-refractivity contribution in [1.29, 1.82) is 0 Å². The fourth-order valence-electron chi connectivity index (χ4n) is 1.36. The molecule has 122 valence electrons. The van der Waals surface area contributed by atoms with Crippen LogP contribution in [0, 0.1) is 17.0 Å². The number of likely N-dealkylation sites (N-methyl/N-ethyl adjacent to an activating group) is 1. The Hall–Kier alpha value is -2.06. The summed E-state index contributed by atoms with van der Waals surface area (Å²) in [6.45, 7) is 6.48. The first-order valence-corrected chi connectivity index (χ1v) is 6.59. The van der Waals surface area contributed by atoms with E-state index in [1.165, 1.54) is 7.05 Å². The van der Waals surface area contributed by atoms with Gasteiger partial charge in [0.25, 0.3) is 6.79 Å². The Balaban J connectivity index is 4.45. The van der Waals surface area contributed by atoms with E-state index < -0.39 is 24.8 Å². The van der Waals surface area contributed by atoms with Crippen LogP contribution in [-0.2, 0) is 19.2 Å². The van der Waals surface area contributed by atoms with E-state index in [4.69, 9.17) is 5.11 Å². The number of hydrogen-bond acceptors (Lipinski definition) is 6. The molecule has 0 spiro atoms. The number of rotatable bonds is 9. The molecule has 0 aliphatic rings. The molecule has 0 fully saturated rings. The smallest absolute Gasteiger partial charge is 0.332 e. The molecule has 0 aromatic rings. The van der Waals surface area contributed by atoms with Gasteiger partial charge >= 0.3 is 11.9 Å². The Kier molecular flexibility index (Phi) is 8.10. The Morgan fingerprint density at radius 1 is 1.33 bits per heavy atom. The van der Waals surface area contributed by atoms with Crippen LogP contribution in [0.5, 0.6) is 0 Å². The molecular formula is C12H23N3O6. The second-order valence-corrected chi connectivity index (χ2v) is 5.26. The van der Waals surface area contributed by atoms with Gasteiger partial charge in [0.15, 0.2) is 6.04 Å². The lowest BCUT2D eigenvalue weighted by atomic mass is 10.0. The van der Waals surface area contributed by atoms with Gasteiger partial charge in [0, 0.05) is 0 Å². The van der Waals surface area contributed by atoms with Gasteiger partial charge in [0.1, 0.15) is 0 Å². The number of hydrogen-bond donors (Lipinski definition) is 1. The molecule has 0 rings (SSSR count). The zero-order valence-corrected chi connectivity index (χ0v) is 13.0. The van der Waals surface area contributed by atoms with Crippen molar-refractivity contribution in [3.05, 3.63) is 5.21 Å². The summed E-state index contributed by atoms with van der Waals surface area (Å²) in [7, 11) is 1.29. The molecule has 0 unspecified atom stereocenters. The first kappa shape index (κ1) is 18.9. The molecule has 0 aliphatic carbocycles. The predicted molar refractivity (Wildman–Crippen MR) is 71.6 cm³/mol. The highest BCUT2D eigenvalue weighted by molar-refractivity contribution is 5.73. The molecule has 9 heteroatoms. The third kappa shape index (κ3) is 7.33. The van der Waals surface area contributed by atoms with Crippen LogP contribution < -0.4 is 0 Å². The third-order valence-electron chi connectivity index (χ3n) is 2.55. The number of nitrogens with zero attached hydrogens (tertiary/aromatic N) is 3. The molecule has 0 aromatic heterocycles. The van der Waals surface area contributed by atoms with Gasteiger partial charge < -0.3 is 19.9 Å². The van der Waals surface area contributed by atoms with E-state index in [1.807, 2.05) is 13.8 Å². The van der Waals surface area contributed by atoms with Crippen LogP contribution in [0.15, 0.2) is 5.28 Å². The first-order chi connectivity index (χ1) is 9.66. The minimum atomic E-state index is -1.13. The molecule has 1 atom stereocenters. The van der Waals surface area contributed by atoms with Crippen molar-refractivity contribution in [3.8, 4) is 0 Å². The first-order valence-electron chi connectivity index (χ1n) is 6.59. The van der Waals surface area contributed by atoms with Crippen LogP contribution in [0.2, 0.25) is 0 Å². The number of carbonyl (C=O) groups is 2. The van der Waals surface area contributed by atoms with Crippen molar-refractivity contribution in [1.82, 2.24) is 5.01 Å². The Bertz CT molecular complexity index is 383. The maximum Gasteiger partial charge on any atom is 0.332 e. The molecule has 21 heavy (non-hydrogen) atoms. The zero-order valence-electron chi connectivity index (χ0n) is 13.0. The second-order valence-electron chi connectivity index (χ2n) is 5.26. The Labute approximate surface area is 123 Å². The molecule has 1 N–H and O–H groups in total. The predicted octanol–water partition coefficient (Wildman–Crippen LogP) is 1.38. The van der Waals surface area contributed by atoms with Crippen LogP contribution in [0.1, 0.15) is 34.1 Å². The summed E-state index contributed by atoms with van der Waals surface area (Å²) in [6, 6.07) is -1.02. The standard InChI is InChI=1S/C12H23N3O6/c1-8(2)6-10(11(16)17)14(5)15(19)13-21-7-20-12(18)9(3)4/h8-10H,6-7H2,1-5H3,(H,16,17)/t10-/m0/s1. The van der Waals surface area contributed by atoms with E-state index in [0.717, 1.165) is 5.01 Å². The maximum absolute atomic E-state index is 11.6. The summed E-state index contributed by atoms with van der Waals surface area (Å²) in [6.07, 6.45) is 0.280. The highest BCUT2D eigenvalue weighted by atomic mass is 16.8. The van der Waals surface area contributed by atoms with Gasteiger partial charge in [0.2, 0.25) is 5.28 Å². The number of ether oxygens (including phenoxy) is 1. The van der Waals surface area contributed by atoms with E-state index in [9.17, 15) is 14.8 Å². The molecule has 0 saturated carbocycles. The van der Waals surface area contributed by atoms with Crippen LogP contribution in [0.3, 0.4) is 0 Å². The van der Waals surface area contributed by atoms with Crippen LogP contribution in [-0.4, -0.2) is 46.9 Å². The van der Waals surface area contributed by atoms with Gasteiger partial charge in [-0.2, -0.15) is 0 Å².